The van der Waals surface area contributed by atoms with Gasteiger partial charge in [0.15, 0.2) is 0 Å². The lowest BCUT2D eigenvalue weighted by Gasteiger charge is -2.07. The van der Waals surface area contributed by atoms with Gasteiger partial charge < -0.3 is 5.32 Å². The third-order valence-corrected chi connectivity index (χ3v) is 3.70. The molecular weight excluding hydrogens is 258 g/mol. The fraction of sp³-hybridized carbons (Fsp3) is 0.0714. The Morgan fingerprint density at radius 3 is 2.89 bits per heavy atom. The average Bonchev–Trinajstić information content (AvgIpc) is 2.88. The number of rotatable bonds is 2. The predicted molar refractivity (Wildman–Crippen MR) is 76.5 cm³/mol. The number of aryl methyl sites for hydroxylation is 1. The molecule has 5 heteroatoms. The lowest BCUT2D eigenvalue weighted by Crippen LogP contribution is -2.14. The van der Waals surface area contributed by atoms with Gasteiger partial charge in [-0.25, -0.2) is 9.97 Å². The van der Waals surface area contributed by atoms with Crippen LogP contribution >= 0.6 is 11.3 Å². The van der Waals surface area contributed by atoms with E-state index in [1.54, 1.807) is 6.07 Å². The molecule has 4 nitrogen and oxygen atoms in total. The molecule has 94 valence electrons. The summed E-state index contributed by atoms with van der Waals surface area (Å²) in [5.74, 6) is 0.406. The van der Waals surface area contributed by atoms with Crippen molar-refractivity contribution in [1.82, 2.24) is 9.97 Å². The standard InChI is InChI=1S/C14H11N3OS/c1-9-4-2-3-5-10(9)13(18)17-12-11-6-7-19-14(11)16-8-15-12/h2-8H,1H3,(H,15,16,17,18). The zero-order valence-electron chi connectivity index (χ0n) is 10.3. The van der Waals surface area contributed by atoms with E-state index in [4.69, 9.17) is 0 Å². The van der Waals surface area contributed by atoms with E-state index in [1.165, 1.54) is 17.7 Å². The van der Waals surface area contributed by atoms with E-state index >= 15 is 0 Å². The molecule has 3 rings (SSSR count). The van der Waals surface area contributed by atoms with Gasteiger partial charge in [0.1, 0.15) is 17.0 Å². The van der Waals surface area contributed by atoms with Crippen LogP contribution in [0.15, 0.2) is 42.0 Å². The second-order valence-corrected chi connectivity index (χ2v) is 5.03. The van der Waals surface area contributed by atoms with Gasteiger partial charge in [-0.3, -0.25) is 4.79 Å². The van der Waals surface area contributed by atoms with Crippen molar-refractivity contribution in [3.63, 3.8) is 0 Å². The highest BCUT2D eigenvalue weighted by molar-refractivity contribution is 7.16. The Labute approximate surface area is 114 Å². The van der Waals surface area contributed by atoms with Gasteiger partial charge in [0.2, 0.25) is 0 Å². The van der Waals surface area contributed by atoms with Crippen LogP contribution in [0, 0.1) is 6.92 Å². The molecule has 0 saturated heterocycles. The zero-order valence-corrected chi connectivity index (χ0v) is 11.1. The molecule has 3 aromatic rings. The normalized spacial score (nSPS) is 10.6. The van der Waals surface area contributed by atoms with Gasteiger partial charge >= 0.3 is 0 Å². The maximum Gasteiger partial charge on any atom is 0.257 e. The van der Waals surface area contributed by atoms with E-state index in [0.29, 0.717) is 11.4 Å². The zero-order chi connectivity index (χ0) is 13.2. The Balaban J connectivity index is 1.95. The van der Waals surface area contributed by atoms with E-state index in [-0.39, 0.29) is 5.91 Å². The summed E-state index contributed by atoms with van der Waals surface area (Å²) in [6, 6.07) is 9.38. The van der Waals surface area contributed by atoms with E-state index < -0.39 is 0 Å². The number of hydrogen-bond donors (Lipinski definition) is 1. The van der Waals surface area contributed by atoms with Crippen LogP contribution in [0.5, 0.6) is 0 Å². The largest absolute Gasteiger partial charge is 0.306 e. The van der Waals surface area contributed by atoms with Gasteiger partial charge in [-0.15, -0.1) is 11.3 Å². The third kappa shape index (κ3) is 2.20. The number of nitrogens with one attached hydrogen (secondary N) is 1. The molecule has 1 aromatic carbocycles. The fourth-order valence-corrected chi connectivity index (χ4v) is 2.62. The van der Waals surface area contributed by atoms with Crippen LogP contribution in [-0.2, 0) is 0 Å². The summed E-state index contributed by atoms with van der Waals surface area (Å²) >= 11 is 1.53. The molecule has 0 spiro atoms. The number of anilines is 1. The molecule has 0 radical (unpaired) electrons. The first-order valence-electron chi connectivity index (χ1n) is 5.81. The van der Waals surface area contributed by atoms with E-state index in [1.807, 2.05) is 36.6 Å². The monoisotopic (exact) mass is 269 g/mol. The van der Waals surface area contributed by atoms with E-state index in [9.17, 15) is 4.79 Å². The maximum absolute atomic E-state index is 12.2. The summed E-state index contributed by atoms with van der Waals surface area (Å²) in [4.78, 5) is 21.4. The Hall–Kier alpha value is -2.27. The Kier molecular flexibility index (Phi) is 2.97. The topological polar surface area (TPSA) is 54.9 Å². The predicted octanol–water partition coefficient (Wildman–Crippen LogP) is 3.25. The quantitative estimate of drug-likeness (QED) is 0.777. The minimum absolute atomic E-state index is 0.149. The van der Waals surface area contributed by atoms with Crippen molar-refractivity contribution >= 4 is 33.3 Å². The number of fused-ring (bicyclic) bond motifs is 1. The van der Waals surface area contributed by atoms with Crippen LogP contribution in [0.1, 0.15) is 15.9 Å². The molecule has 2 heterocycles. The van der Waals surface area contributed by atoms with Gasteiger partial charge in [-0.05, 0) is 30.0 Å². The molecule has 2 aromatic heterocycles. The number of aromatic nitrogens is 2. The molecule has 0 atom stereocenters. The highest BCUT2D eigenvalue weighted by Crippen LogP contribution is 2.24. The van der Waals surface area contributed by atoms with Crippen molar-refractivity contribution in [1.29, 1.82) is 0 Å². The van der Waals surface area contributed by atoms with Crippen LogP contribution in [-0.4, -0.2) is 15.9 Å². The molecule has 0 aliphatic rings. The number of carbonyl (C=O) groups is 1. The number of hydrogen-bond acceptors (Lipinski definition) is 4. The molecule has 0 saturated carbocycles. The molecule has 19 heavy (non-hydrogen) atoms. The van der Waals surface area contributed by atoms with Gasteiger partial charge in [0, 0.05) is 5.56 Å². The summed E-state index contributed by atoms with van der Waals surface area (Å²) in [6.07, 6.45) is 1.46. The highest BCUT2D eigenvalue weighted by Gasteiger charge is 2.11. The lowest BCUT2D eigenvalue weighted by atomic mass is 10.1. The smallest absolute Gasteiger partial charge is 0.257 e. The summed E-state index contributed by atoms with van der Waals surface area (Å²) in [6.45, 7) is 1.91. The van der Waals surface area contributed by atoms with Crippen LogP contribution in [0.25, 0.3) is 10.2 Å². The van der Waals surface area contributed by atoms with Crippen molar-refractivity contribution in [3.8, 4) is 0 Å². The number of nitrogens with zero attached hydrogens (tertiary/aromatic N) is 2. The SMILES string of the molecule is Cc1ccccc1C(=O)Nc1ncnc2sccc12. The van der Waals surface area contributed by atoms with Crippen LogP contribution in [0.3, 0.4) is 0 Å². The molecule has 0 unspecified atom stereocenters. The van der Waals surface area contributed by atoms with Gasteiger partial charge in [-0.2, -0.15) is 0 Å². The van der Waals surface area contributed by atoms with Crippen molar-refractivity contribution in [2.45, 2.75) is 6.92 Å². The molecule has 0 aliphatic carbocycles. The highest BCUT2D eigenvalue weighted by atomic mass is 32.1. The second-order valence-electron chi connectivity index (χ2n) is 4.13. The van der Waals surface area contributed by atoms with Gasteiger partial charge in [0.25, 0.3) is 5.91 Å². The number of thiophene rings is 1. The van der Waals surface area contributed by atoms with Gasteiger partial charge in [-0.1, -0.05) is 18.2 Å². The second kappa shape index (κ2) is 4.78. The molecule has 0 fully saturated rings. The van der Waals surface area contributed by atoms with Crippen LogP contribution in [0.4, 0.5) is 5.82 Å². The third-order valence-electron chi connectivity index (χ3n) is 2.88. The maximum atomic E-state index is 12.2. The van der Waals surface area contributed by atoms with Crippen LogP contribution in [0.2, 0.25) is 0 Å². The molecular formula is C14H11N3OS. The first kappa shape index (κ1) is 11.8. The lowest BCUT2D eigenvalue weighted by molar-refractivity contribution is 0.102. The van der Waals surface area contributed by atoms with Crippen molar-refractivity contribution in [2.75, 3.05) is 5.32 Å². The Bertz CT molecular complexity index is 751. The number of amides is 1. The summed E-state index contributed by atoms with van der Waals surface area (Å²) in [5.41, 5.74) is 1.60. The van der Waals surface area contributed by atoms with E-state index in [0.717, 1.165) is 15.8 Å². The van der Waals surface area contributed by atoms with Crippen LogP contribution < -0.4 is 5.32 Å². The average molecular weight is 269 g/mol. The van der Waals surface area contributed by atoms with Gasteiger partial charge in [0.05, 0.1) is 5.39 Å². The van der Waals surface area contributed by atoms with Crippen molar-refractivity contribution in [3.05, 3.63) is 53.2 Å². The summed E-state index contributed by atoms with van der Waals surface area (Å²) < 4.78 is 0. The number of benzene rings is 1. The first-order chi connectivity index (χ1) is 9.25. The minimum Gasteiger partial charge on any atom is -0.306 e. The minimum atomic E-state index is -0.149. The first-order valence-corrected chi connectivity index (χ1v) is 6.69. The van der Waals surface area contributed by atoms with Crippen molar-refractivity contribution < 1.29 is 4.79 Å². The molecule has 1 amide bonds. The Morgan fingerprint density at radius 1 is 1.21 bits per heavy atom. The molecule has 0 bridgehead atoms. The fourth-order valence-electron chi connectivity index (χ4n) is 1.89. The molecule has 0 aliphatic heterocycles. The molecule has 1 N–H and O–H groups in total. The summed E-state index contributed by atoms with van der Waals surface area (Å²) in [5, 5.41) is 5.65. The summed E-state index contributed by atoms with van der Waals surface area (Å²) in [7, 11) is 0. The van der Waals surface area contributed by atoms with E-state index in [2.05, 4.69) is 15.3 Å². The number of carbonyl (C=O) groups excluding carboxylic acids is 1. The Morgan fingerprint density at radius 2 is 2.05 bits per heavy atom. The van der Waals surface area contributed by atoms with Crippen molar-refractivity contribution in [2.24, 2.45) is 0 Å².